The van der Waals surface area contributed by atoms with E-state index in [0.717, 1.165) is 12.0 Å². The van der Waals surface area contributed by atoms with Crippen LogP contribution in [0.25, 0.3) is 0 Å². The normalized spacial score (nSPS) is 9.83. The third-order valence-electron chi connectivity index (χ3n) is 1.86. The van der Waals surface area contributed by atoms with E-state index in [0.29, 0.717) is 5.56 Å². The van der Waals surface area contributed by atoms with Gasteiger partial charge in [0.25, 0.3) is 0 Å². The average Bonchev–Trinajstić information content (AvgIpc) is 2.03. The van der Waals surface area contributed by atoms with Gasteiger partial charge in [0.2, 0.25) is 0 Å². The van der Waals surface area contributed by atoms with Crippen molar-refractivity contribution in [3.63, 3.8) is 0 Å². The molecule has 0 bridgehead atoms. The molecule has 0 aliphatic rings. The zero-order valence-corrected chi connectivity index (χ0v) is 7.29. The second kappa shape index (κ2) is 3.39. The molecular formula is C10H12O2. The molecule has 1 N–H and O–H groups in total. The molecule has 0 aliphatic heterocycles. The maximum atomic E-state index is 11.1. The molecule has 64 valence electrons. The molecule has 0 fully saturated rings. The number of aromatic hydroxyl groups is 1. The molecule has 0 saturated heterocycles. The molecule has 1 aromatic rings. The van der Waals surface area contributed by atoms with Gasteiger partial charge in [-0.1, -0.05) is 19.1 Å². The number of phenols is 1. The third-order valence-corrected chi connectivity index (χ3v) is 1.86. The Hall–Kier alpha value is -1.31. The predicted octanol–water partition coefficient (Wildman–Crippen LogP) is 2.16. The van der Waals surface area contributed by atoms with Gasteiger partial charge in [0.1, 0.15) is 5.75 Å². The summed E-state index contributed by atoms with van der Waals surface area (Å²) >= 11 is 0. The van der Waals surface area contributed by atoms with Crippen LogP contribution < -0.4 is 0 Å². The second-order valence-electron chi connectivity index (χ2n) is 2.72. The van der Waals surface area contributed by atoms with Gasteiger partial charge in [0.05, 0.1) is 5.56 Å². The highest BCUT2D eigenvalue weighted by molar-refractivity contribution is 5.98. The Morgan fingerprint density at radius 2 is 2.17 bits per heavy atom. The summed E-state index contributed by atoms with van der Waals surface area (Å²) in [4.78, 5) is 11.1. The Labute approximate surface area is 71.8 Å². The predicted molar refractivity (Wildman–Crippen MR) is 47.5 cm³/mol. The van der Waals surface area contributed by atoms with Crippen LogP contribution in [-0.4, -0.2) is 10.9 Å². The molecule has 0 atom stereocenters. The molecule has 2 heteroatoms. The Morgan fingerprint density at radius 3 is 2.58 bits per heavy atom. The standard InChI is InChI=1S/C10H12O2/c1-3-8-5-4-6-9(12)10(8)7(2)11/h4-6,12H,3H2,1-2H3. The van der Waals surface area contributed by atoms with E-state index in [1.165, 1.54) is 13.0 Å². The number of carbonyl (C=O) groups is 1. The van der Waals surface area contributed by atoms with E-state index in [1.54, 1.807) is 6.07 Å². The molecule has 0 aromatic heterocycles. The molecule has 2 nitrogen and oxygen atoms in total. The number of carbonyl (C=O) groups excluding carboxylic acids is 1. The van der Waals surface area contributed by atoms with Gasteiger partial charge >= 0.3 is 0 Å². The maximum Gasteiger partial charge on any atom is 0.163 e. The molecule has 12 heavy (non-hydrogen) atoms. The highest BCUT2D eigenvalue weighted by atomic mass is 16.3. The van der Waals surface area contributed by atoms with Crippen LogP contribution in [0, 0.1) is 0 Å². The van der Waals surface area contributed by atoms with Gasteiger partial charge in [0, 0.05) is 0 Å². The highest BCUT2D eigenvalue weighted by Crippen LogP contribution is 2.21. The molecule has 1 rings (SSSR count). The zero-order chi connectivity index (χ0) is 9.14. The minimum atomic E-state index is -0.0787. The highest BCUT2D eigenvalue weighted by Gasteiger charge is 2.09. The lowest BCUT2D eigenvalue weighted by Gasteiger charge is -2.05. The molecule has 1 aromatic carbocycles. The van der Waals surface area contributed by atoms with Crippen molar-refractivity contribution in [2.24, 2.45) is 0 Å². The van der Waals surface area contributed by atoms with Gasteiger partial charge in [-0.3, -0.25) is 4.79 Å². The van der Waals surface area contributed by atoms with Gasteiger partial charge in [-0.2, -0.15) is 0 Å². The first-order chi connectivity index (χ1) is 5.66. The Bertz CT molecular complexity index is 303. The lowest BCUT2D eigenvalue weighted by molar-refractivity contribution is 0.101. The largest absolute Gasteiger partial charge is 0.507 e. The van der Waals surface area contributed by atoms with Crippen LogP contribution >= 0.6 is 0 Å². The van der Waals surface area contributed by atoms with Gasteiger partial charge in [-0.05, 0) is 25.0 Å². The van der Waals surface area contributed by atoms with Crippen LogP contribution in [0.15, 0.2) is 18.2 Å². The van der Waals surface area contributed by atoms with Gasteiger partial charge in [-0.15, -0.1) is 0 Å². The van der Waals surface area contributed by atoms with Crippen LogP contribution in [0.4, 0.5) is 0 Å². The summed E-state index contributed by atoms with van der Waals surface area (Å²) in [6.07, 6.45) is 0.767. The van der Waals surface area contributed by atoms with Crippen LogP contribution in [-0.2, 0) is 6.42 Å². The first kappa shape index (κ1) is 8.78. The molecule has 0 unspecified atom stereocenters. The first-order valence-corrected chi connectivity index (χ1v) is 3.98. The number of hydrogen-bond donors (Lipinski definition) is 1. The molecule has 0 aliphatic carbocycles. The van der Waals surface area contributed by atoms with E-state index in [2.05, 4.69) is 0 Å². The smallest absolute Gasteiger partial charge is 0.163 e. The monoisotopic (exact) mass is 164 g/mol. The minimum Gasteiger partial charge on any atom is -0.507 e. The average molecular weight is 164 g/mol. The zero-order valence-electron chi connectivity index (χ0n) is 7.29. The summed E-state index contributed by atoms with van der Waals surface area (Å²) in [6, 6.07) is 5.15. The summed E-state index contributed by atoms with van der Waals surface area (Å²) < 4.78 is 0. The fraction of sp³-hybridized carbons (Fsp3) is 0.300. The number of Topliss-reactive ketones (excluding diaryl/α,β-unsaturated/α-hetero) is 1. The maximum absolute atomic E-state index is 11.1. The number of benzene rings is 1. The van der Waals surface area contributed by atoms with Crippen LogP contribution in [0.5, 0.6) is 5.75 Å². The van der Waals surface area contributed by atoms with E-state index >= 15 is 0 Å². The van der Waals surface area contributed by atoms with E-state index in [1.807, 2.05) is 13.0 Å². The van der Waals surface area contributed by atoms with Crippen molar-refractivity contribution in [1.82, 2.24) is 0 Å². The Morgan fingerprint density at radius 1 is 1.50 bits per heavy atom. The van der Waals surface area contributed by atoms with Crippen molar-refractivity contribution >= 4 is 5.78 Å². The van der Waals surface area contributed by atoms with Crippen molar-refractivity contribution in [1.29, 1.82) is 0 Å². The number of phenolic OH excluding ortho intramolecular Hbond substituents is 1. The summed E-state index contributed by atoms with van der Waals surface area (Å²) in [5, 5.41) is 9.37. The van der Waals surface area contributed by atoms with Gasteiger partial charge < -0.3 is 5.11 Å². The van der Waals surface area contributed by atoms with E-state index in [9.17, 15) is 9.90 Å². The molecular weight excluding hydrogens is 152 g/mol. The summed E-state index contributed by atoms with van der Waals surface area (Å²) in [7, 11) is 0. The number of rotatable bonds is 2. The van der Waals surface area contributed by atoms with Crippen molar-refractivity contribution in [3.8, 4) is 5.75 Å². The fourth-order valence-electron chi connectivity index (χ4n) is 1.29. The SMILES string of the molecule is CCc1cccc(O)c1C(C)=O. The van der Waals surface area contributed by atoms with Crippen LogP contribution in [0.3, 0.4) is 0 Å². The summed E-state index contributed by atoms with van der Waals surface area (Å²) in [6.45, 7) is 3.43. The van der Waals surface area contributed by atoms with E-state index < -0.39 is 0 Å². The Kier molecular flexibility index (Phi) is 2.48. The summed E-state index contributed by atoms with van der Waals surface area (Å²) in [5.41, 5.74) is 1.36. The molecule has 0 spiro atoms. The van der Waals surface area contributed by atoms with Gasteiger partial charge in [-0.25, -0.2) is 0 Å². The van der Waals surface area contributed by atoms with Crippen molar-refractivity contribution < 1.29 is 9.90 Å². The van der Waals surface area contributed by atoms with Crippen molar-refractivity contribution in [2.75, 3.05) is 0 Å². The summed E-state index contributed by atoms with van der Waals surface area (Å²) in [5.74, 6) is 0.00630. The number of ketones is 1. The van der Waals surface area contributed by atoms with Crippen LogP contribution in [0.2, 0.25) is 0 Å². The first-order valence-electron chi connectivity index (χ1n) is 3.98. The minimum absolute atomic E-state index is 0.0787. The Balaban J connectivity index is 3.29. The lowest BCUT2D eigenvalue weighted by atomic mass is 10.0. The molecule has 0 amide bonds. The van der Waals surface area contributed by atoms with Gasteiger partial charge in [0.15, 0.2) is 5.78 Å². The number of aryl methyl sites for hydroxylation is 1. The van der Waals surface area contributed by atoms with Crippen LogP contribution in [0.1, 0.15) is 29.8 Å². The fourth-order valence-corrected chi connectivity index (χ4v) is 1.29. The second-order valence-corrected chi connectivity index (χ2v) is 2.72. The third kappa shape index (κ3) is 1.47. The topological polar surface area (TPSA) is 37.3 Å². The van der Waals surface area contributed by atoms with Crippen molar-refractivity contribution in [2.45, 2.75) is 20.3 Å². The van der Waals surface area contributed by atoms with E-state index in [4.69, 9.17) is 0 Å². The quantitative estimate of drug-likeness (QED) is 0.680. The molecule has 0 radical (unpaired) electrons. The molecule has 0 heterocycles. The molecule has 0 saturated carbocycles. The number of hydrogen-bond acceptors (Lipinski definition) is 2. The lowest BCUT2D eigenvalue weighted by Crippen LogP contribution is -1.98. The van der Waals surface area contributed by atoms with Crippen molar-refractivity contribution in [3.05, 3.63) is 29.3 Å². The van der Waals surface area contributed by atoms with E-state index in [-0.39, 0.29) is 11.5 Å².